The molecule has 0 radical (unpaired) electrons. The standard InChI is InChI=1S/C26H22F2N4O3/c27-22(28)15-30-25(34)21(23-24(33)26(35)32-16-31-23)14-20-11-9-19(10-12-20)8-7-18-5-3-17(4-6-18)2-1-13-29/h3-6,9-12,16,21-22,33H,1-2,14-15H2,(H,30,34)(H,31,32,35). The monoisotopic (exact) mass is 476 g/mol. The highest BCUT2D eigenvalue weighted by Gasteiger charge is 2.27. The Morgan fingerprint density at radius 1 is 1.06 bits per heavy atom. The van der Waals surface area contributed by atoms with Crippen LogP contribution < -0.4 is 10.9 Å². The van der Waals surface area contributed by atoms with E-state index in [4.69, 9.17) is 5.26 Å². The number of amides is 1. The number of nitriles is 1. The van der Waals surface area contributed by atoms with E-state index in [0.717, 1.165) is 23.0 Å². The molecule has 0 aliphatic carbocycles. The molecule has 0 spiro atoms. The van der Waals surface area contributed by atoms with E-state index in [2.05, 4.69) is 33.2 Å². The van der Waals surface area contributed by atoms with Crippen LogP contribution in [0.2, 0.25) is 0 Å². The smallest absolute Gasteiger partial charge is 0.293 e. The Hall–Kier alpha value is -4.50. The third-order valence-electron chi connectivity index (χ3n) is 5.16. The first kappa shape index (κ1) is 25.1. The fourth-order valence-corrected chi connectivity index (χ4v) is 3.33. The highest BCUT2D eigenvalue weighted by molar-refractivity contribution is 5.84. The van der Waals surface area contributed by atoms with Crippen LogP contribution in [0.4, 0.5) is 8.78 Å². The lowest BCUT2D eigenvalue weighted by atomic mass is 9.94. The fraction of sp³-hybridized carbons (Fsp3) is 0.231. The van der Waals surface area contributed by atoms with Crippen LogP contribution in [0.25, 0.3) is 0 Å². The third kappa shape index (κ3) is 7.24. The van der Waals surface area contributed by atoms with Crippen LogP contribution >= 0.6 is 0 Å². The van der Waals surface area contributed by atoms with Gasteiger partial charge in [-0.15, -0.1) is 0 Å². The molecule has 0 fully saturated rings. The van der Waals surface area contributed by atoms with Crippen molar-refractivity contribution >= 4 is 5.91 Å². The van der Waals surface area contributed by atoms with Gasteiger partial charge in [0.2, 0.25) is 11.7 Å². The van der Waals surface area contributed by atoms with Gasteiger partial charge in [-0.05, 0) is 48.2 Å². The number of benzene rings is 2. The minimum atomic E-state index is -2.74. The van der Waals surface area contributed by atoms with Gasteiger partial charge in [-0.3, -0.25) is 9.59 Å². The van der Waals surface area contributed by atoms with Crippen molar-refractivity contribution in [3.8, 4) is 23.7 Å². The molecule has 3 aromatic rings. The molecule has 0 aliphatic rings. The largest absolute Gasteiger partial charge is 0.502 e. The molecule has 1 aromatic heterocycles. The Morgan fingerprint density at radius 3 is 2.23 bits per heavy atom. The van der Waals surface area contributed by atoms with Gasteiger partial charge in [0.15, 0.2) is 0 Å². The van der Waals surface area contributed by atoms with Crippen molar-refractivity contribution in [2.45, 2.75) is 31.6 Å². The molecule has 2 aromatic carbocycles. The molecular weight excluding hydrogens is 454 g/mol. The first-order chi connectivity index (χ1) is 16.9. The van der Waals surface area contributed by atoms with E-state index in [1.807, 2.05) is 24.3 Å². The molecule has 3 N–H and O–H groups in total. The SMILES string of the molecule is N#CCCc1ccc(C#Cc2ccc(CC(C(=O)NCC(F)F)c3nc[nH]c(=O)c3O)cc2)cc1. The normalized spacial score (nSPS) is 11.3. The predicted molar refractivity (Wildman–Crippen MR) is 125 cm³/mol. The second kappa shape index (κ2) is 12.1. The number of aromatic nitrogens is 2. The number of hydrogen-bond donors (Lipinski definition) is 3. The van der Waals surface area contributed by atoms with Crippen LogP contribution in [-0.4, -0.2) is 34.0 Å². The molecule has 35 heavy (non-hydrogen) atoms. The van der Waals surface area contributed by atoms with Crippen LogP contribution in [0.15, 0.2) is 59.7 Å². The summed E-state index contributed by atoms with van der Waals surface area (Å²) >= 11 is 0. The number of carbonyl (C=O) groups excluding carboxylic acids is 1. The van der Waals surface area contributed by atoms with Gasteiger partial charge in [0, 0.05) is 17.5 Å². The van der Waals surface area contributed by atoms with Gasteiger partial charge in [-0.2, -0.15) is 5.26 Å². The van der Waals surface area contributed by atoms with E-state index in [1.165, 1.54) is 0 Å². The third-order valence-corrected chi connectivity index (χ3v) is 5.16. The average molecular weight is 476 g/mol. The lowest BCUT2D eigenvalue weighted by Crippen LogP contribution is -2.34. The summed E-state index contributed by atoms with van der Waals surface area (Å²) in [5.74, 6) is 3.45. The second-order valence-electron chi connectivity index (χ2n) is 7.66. The fourth-order valence-electron chi connectivity index (χ4n) is 3.33. The van der Waals surface area contributed by atoms with Crippen LogP contribution in [-0.2, 0) is 17.6 Å². The van der Waals surface area contributed by atoms with E-state index in [1.54, 1.807) is 24.3 Å². The zero-order valence-electron chi connectivity index (χ0n) is 18.6. The first-order valence-corrected chi connectivity index (χ1v) is 10.8. The number of alkyl halides is 2. The number of halogens is 2. The lowest BCUT2D eigenvalue weighted by molar-refractivity contribution is -0.123. The summed E-state index contributed by atoms with van der Waals surface area (Å²) < 4.78 is 25.2. The Morgan fingerprint density at radius 2 is 1.66 bits per heavy atom. The molecule has 178 valence electrons. The number of nitrogens with zero attached hydrogens (tertiary/aromatic N) is 2. The molecule has 1 heterocycles. The van der Waals surface area contributed by atoms with Crippen molar-refractivity contribution in [3.05, 3.63) is 93.2 Å². The van der Waals surface area contributed by atoms with Gasteiger partial charge < -0.3 is 15.4 Å². The number of rotatable bonds is 8. The number of H-pyrrole nitrogens is 1. The molecule has 1 amide bonds. The molecule has 0 saturated heterocycles. The van der Waals surface area contributed by atoms with Gasteiger partial charge in [0.1, 0.15) is 5.69 Å². The van der Waals surface area contributed by atoms with Crippen molar-refractivity contribution in [1.82, 2.24) is 15.3 Å². The Balaban J connectivity index is 1.75. The zero-order chi connectivity index (χ0) is 25.2. The quantitative estimate of drug-likeness (QED) is 0.432. The molecule has 9 heteroatoms. The summed E-state index contributed by atoms with van der Waals surface area (Å²) in [6, 6.07) is 16.7. The van der Waals surface area contributed by atoms with E-state index in [9.17, 15) is 23.5 Å². The maximum Gasteiger partial charge on any atom is 0.293 e. The number of aromatic amines is 1. The number of nitrogens with one attached hydrogen (secondary N) is 2. The van der Waals surface area contributed by atoms with E-state index >= 15 is 0 Å². The maximum absolute atomic E-state index is 12.6. The van der Waals surface area contributed by atoms with Gasteiger partial charge in [-0.25, -0.2) is 13.8 Å². The number of aryl methyl sites for hydroxylation is 1. The van der Waals surface area contributed by atoms with Crippen molar-refractivity contribution in [2.75, 3.05) is 6.54 Å². The lowest BCUT2D eigenvalue weighted by Gasteiger charge is -2.17. The minimum Gasteiger partial charge on any atom is -0.502 e. The topological polar surface area (TPSA) is 119 Å². The molecule has 1 unspecified atom stereocenters. The molecule has 0 bridgehead atoms. The van der Waals surface area contributed by atoms with Gasteiger partial charge in [-0.1, -0.05) is 36.1 Å². The molecule has 7 nitrogen and oxygen atoms in total. The van der Waals surface area contributed by atoms with Crippen molar-refractivity contribution in [3.63, 3.8) is 0 Å². The highest BCUT2D eigenvalue weighted by Crippen LogP contribution is 2.24. The molecule has 3 rings (SSSR count). The van der Waals surface area contributed by atoms with Crippen LogP contribution in [0.5, 0.6) is 5.75 Å². The number of carbonyl (C=O) groups is 1. The second-order valence-corrected chi connectivity index (χ2v) is 7.66. The summed E-state index contributed by atoms with van der Waals surface area (Å²) in [7, 11) is 0. The summed E-state index contributed by atoms with van der Waals surface area (Å²) in [6.45, 7) is -0.854. The Labute approximate surface area is 200 Å². The minimum absolute atomic E-state index is 0.0248. The molecule has 0 saturated carbocycles. The summed E-state index contributed by atoms with van der Waals surface area (Å²) in [6.07, 6.45) is -0.525. The van der Waals surface area contributed by atoms with Crippen molar-refractivity contribution in [1.29, 1.82) is 5.26 Å². The number of hydrogen-bond acceptors (Lipinski definition) is 5. The zero-order valence-corrected chi connectivity index (χ0v) is 18.6. The number of aromatic hydroxyl groups is 1. The van der Waals surface area contributed by atoms with E-state index in [0.29, 0.717) is 18.4 Å². The summed E-state index contributed by atoms with van der Waals surface area (Å²) in [5, 5.41) is 20.9. The van der Waals surface area contributed by atoms with Crippen molar-refractivity contribution in [2.24, 2.45) is 0 Å². The maximum atomic E-state index is 12.6. The van der Waals surface area contributed by atoms with E-state index in [-0.39, 0.29) is 12.1 Å². The van der Waals surface area contributed by atoms with Crippen LogP contribution in [0.1, 0.15) is 40.3 Å². The summed E-state index contributed by atoms with van der Waals surface area (Å²) in [4.78, 5) is 30.4. The van der Waals surface area contributed by atoms with Crippen LogP contribution in [0, 0.1) is 23.2 Å². The summed E-state index contributed by atoms with van der Waals surface area (Å²) in [5.41, 5.74) is 2.25. The van der Waals surface area contributed by atoms with Gasteiger partial charge in [0.05, 0.1) is 24.9 Å². The molecular formula is C26H22F2N4O3. The molecule has 1 atom stereocenters. The Bertz CT molecular complexity index is 1320. The van der Waals surface area contributed by atoms with Crippen molar-refractivity contribution < 1.29 is 18.7 Å². The van der Waals surface area contributed by atoms with Gasteiger partial charge >= 0.3 is 0 Å². The van der Waals surface area contributed by atoms with Crippen LogP contribution in [0.3, 0.4) is 0 Å². The highest BCUT2D eigenvalue weighted by atomic mass is 19.3. The predicted octanol–water partition coefficient (Wildman–Crippen LogP) is 3.04. The van der Waals surface area contributed by atoms with Gasteiger partial charge in [0.25, 0.3) is 12.0 Å². The molecule has 0 aliphatic heterocycles. The average Bonchev–Trinajstić information content (AvgIpc) is 2.86. The first-order valence-electron chi connectivity index (χ1n) is 10.8. The van der Waals surface area contributed by atoms with E-state index < -0.39 is 36.1 Å². The Kier molecular flexibility index (Phi) is 8.69.